The highest BCUT2D eigenvalue weighted by Gasteiger charge is 2.29. The van der Waals surface area contributed by atoms with Gasteiger partial charge in [-0.25, -0.2) is 13.2 Å². The van der Waals surface area contributed by atoms with Gasteiger partial charge in [0.1, 0.15) is 11.6 Å². The molecule has 0 saturated carbocycles. The molecule has 0 heterocycles. The highest BCUT2D eigenvalue weighted by atomic mass is 19.3. The predicted octanol–water partition coefficient (Wildman–Crippen LogP) is 4.02. The SMILES string of the molecule is CC(=O)C(C1=CCC(F)(F)C=C1)c1ccc(F)cc1. The Morgan fingerprint density at radius 2 is 1.89 bits per heavy atom. The molecule has 1 nitrogen and oxygen atoms in total. The van der Waals surface area contributed by atoms with Crippen LogP contribution < -0.4 is 0 Å². The van der Waals surface area contributed by atoms with Crippen LogP contribution in [0.1, 0.15) is 24.8 Å². The first-order valence-electron chi connectivity index (χ1n) is 5.92. The van der Waals surface area contributed by atoms with Crippen LogP contribution in [0.15, 0.2) is 48.1 Å². The van der Waals surface area contributed by atoms with Crippen LogP contribution in [0, 0.1) is 5.82 Å². The fourth-order valence-corrected chi connectivity index (χ4v) is 2.14. The van der Waals surface area contributed by atoms with E-state index in [2.05, 4.69) is 0 Å². The van der Waals surface area contributed by atoms with Crippen LogP contribution in [0.5, 0.6) is 0 Å². The number of rotatable bonds is 3. The van der Waals surface area contributed by atoms with Gasteiger partial charge in [-0.05, 0) is 36.3 Å². The lowest BCUT2D eigenvalue weighted by molar-refractivity contribution is -0.117. The lowest BCUT2D eigenvalue weighted by Gasteiger charge is -2.21. The van der Waals surface area contributed by atoms with E-state index in [1.165, 1.54) is 43.3 Å². The molecule has 0 spiro atoms. The van der Waals surface area contributed by atoms with Gasteiger partial charge in [-0.3, -0.25) is 4.79 Å². The smallest absolute Gasteiger partial charge is 0.270 e. The summed E-state index contributed by atoms with van der Waals surface area (Å²) in [5, 5.41) is 0. The van der Waals surface area contributed by atoms with Gasteiger partial charge in [-0.1, -0.05) is 24.3 Å². The summed E-state index contributed by atoms with van der Waals surface area (Å²) in [6.07, 6.45) is 3.04. The van der Waals surface area contributed by atoms with Crippen molar-refractivity contribution >= 4 is 5.78 Å². The minimum Gasteiger partial charge on any atom is -0.299 e. The molecular formula is C15H13F3O. The molecule has 100 valence electrons. The third-order valence-corrected chi connectivity index (χ3v) is 3.07. The van der Waals surface area contributed by atoms with Gasteiger partial charge in [0.25, 0.3) is 5.92 Å². The molecule has 0 bridgehead atoms. The summed E-state index contributed by atoms with van der Waals surface area (Å²) >= 11 is 0. The molecule has 1 unspecified atom stereocenters. The molecule has 0 radical (unpaired) electrons. The maximum Gasteiger partial charge on any atom is 0.270 e. The lowest BCUT2D eigenvalue weighted by Crippen LogP contribution is -2.18. The number of Topliss-reactive ketones (excluding diaryl/α,β-unsaturated/α-hetero) is 1. The topological polar surface area (TPSA) is 17.1 Å². The van der Waals surface area contributed by atoms with Gasteiger partial charge in [0.15, 0.2) is 0 Å². The van der Waals surface area contributed by atoms with E-state index in [9.17, 15) is 18.0 Å². The van der Waals surface area contributed by atoms with Crippen molar-refractivity contribution in [1.82, 2.24) is 0 Å². The van der Waals surface area contributed by atoms with E-state index in [1.54, 1.807) is 0 Å². The van der Waals surface area contributed by atoms with Crippen molar-refractivity contribution in [2.75, 3.05) is 0 Å². The molecular weight excluding hydrogens is 253 g/mol. The average molecular weight is 266 g/mol. The van der Waals surface area contributed by atoms with Crippen molar-refractivity contribution in [2.24, 2.45) is 0 Å². The second-order valence-corrected chi connectivity index (χ2v) is 4.60. The molecule has 2 rings (SSSR count). The molecule has 0 fully saturated rings. The minimum absolute atomic E-state index is 0.160. The first kappa shape index (κ1) is 13.6. The summed E-state index contributed by atoms with van der Waals surface area (Å²) in [6, 6.07) is 5.52. The second kappa shape index (κ2) is 5.03. The van der Waals surface area contributed by atoms with E-state index in [4.69, 9.17) is 0 Å². The summed E-state index contributed by atoms with van der Waals surface area (Å²) in [5.41, 5.74) is 1.14. The van der Waals surface area contributed by atoms with Crippen LogP contribution in [0.2, 0.25) is 0 Å². The van der Waals surface area contributed by atoms with E-state index in [0.29, 0.717) is 11.1 Å². The van der Waals surface area contributed by atoms with E-state index < -0.39 is 24.1 Å². The molecule has 0 aromatic heterocycles. The number of halogens is 3. The molecule has 1 aliphatic carbocycles. The third kappa shape index (κ3) is 3.13. The molecule has 4 heteroatoms. The molecule has 1 aliphatic rings. The molecule has 19 heavy (non-hydrogen) atoms. The van der Waals surface area contributed by atoms with Gasteiger partial charge in [-0.15, -0.1) is 0 Å². The molecule has 0 saturated heterocycles. The maximum atomic E-state index is 13.0. The van der Waals surface area contributed by atoms with Crippen molar-refractivity contribution in [1.29, 1.82) is 0 Å². The maximum absolute atomic E-state index is 13.0. The van der Waals surface area contributed by atoms with Gasteiger partial charge in [0.05, 0.1) is 5.92 Å². The van der Waals surface area contributed by atoms with Gasteiger partial charge in [0.2, 0.25) is 0 Å². The Morgan fingerprint density at radius 1 is 1.26 bits per heavy atom. The molecule has 1 atom stereocenters. The summed E-state index contributed by atoms with van der Waals surface area (Å²) < 4.78 is 38.9. The van der Waals surface area contributed by atoms with Crippen molar-refractivity contribution in [3.8, 4) is 0 Å². The van der Waals surface area contributed by atoms with Gasteiger partial charge in [0, 0.05) is 6.42 Å². The molecule has 1 aromatic rings. The number of allylic oxidation sites excluding steroid dienone is 4. The van der Waals surface area contributed by atoms with Crippen LogP contribution in [-0.2, 0) is 4.79 Å². The van der Waals surface area contributed by atoms with Crippen LogP contribution in [-0.4, -0.2) is 11.7 Å². The van der Waals surface area contributed by atoms with Gasteiger partial charge < -0.3 is 0 Å². The Morgan fingerprint density at radius 3 is 2.37 bits per heavy atom. The number of hydrogen-bond donors (Lipinski definition) is 0. The zero-order valence-electron chi connectivity index (χ0n) is 10.4. The van der Waals surface area contributed by atoms with E-state index >= 15 is 0 Å². The summed E-state index contributed by atoms with van der Waals surface area (Å²) in [4.78, 5) is 11.7. The summed E-state index contributed by atoms with van der Waals surface area (Å²) in [7, 11) is 0. The highest BCUT2D eigenvalue weighted by molar-refractivity contribution is 5.87. The van der Waals surface area contributed by atoms with Gasteiger partial charge in [-0.2, -0.15) is 0 Å². The average Bonchev–Trinajstić information content (AvgIpc) is 2.33. The number of carbonyl (C=O) groups is 1. The number of alkyl halides is 2. The zero-order chi connectivity index (χ0) is 14.0. The Kier molecular flexibility index (Phi) is 3.60. The molecule has 0 N–H and O–H groups in total. The first-order valence-corrected chi connectivity index (χ1v) is 5.92. The molecule has 1 aromatic carbocycles. The number of ketones is 1. The molecule has 0 aliphatic heterocycles. The Hall–Kier alpha value is -1.84. The standard InChI is InChI=1S/C15H13F3O/c1-10(19)14(11-2-4-13(16)5-3-11)12-6-8-15(17,18)9-7-12/h2-8,14H,9H2,1H3. The Labute approximate surface area is 109 Å². The van der Waals surface area contributed by atoms with Crippen molar-refractivity contribution in [3.63, 3.8) is 0 Å². The van der Waals surface area contributed by atoms with Crippen LogP contribution >= 0.6 is 0 Å². The summed E-state index contributed by atoms with van der Waals surface area (Å²) in [6.45, 7) is 1.40. The molecule has 0 amide bonds. The monoisotopic (exact) mass is 266 g/mol. The van der Waals surface area contributed by atoms with Crippen molar-refractivity contribution in [2.45, 2.75) is 25.2 Å². The van der Waals surface area contributed by atoms with E-state index in [0.717, 1.165) is 6.08 Å². The minimum atomic E-state index is -2.85. The second-order valence-electron chi connectivity index (χ2n) is 4.60. The number of benzene rings is 1. The predicted molar refractivity (Wildman–Crippen MR) is 66.6 cm³/mol. The third-order valence-electron chi connectivity index (χ3n) is 3.07. The quantitative estimate of drug-likeness (QED) is 0.807. The van der Waals surface area contributed by atoms with E-state index in [-0.39, 0.29) is 5.78 Å². The van der Waals surface area contributed by atoms with Crippen LogP contribution in [0.25, 0.3) is 0 Å². The fourth-order valence-electron chi connectivity index (χ4n) is 2.14. The Balaban J connectivity index is 2.33. The van der Waals surface area contributed by atoms with Gasteiger partial charge >= 0.3 is 0 Å². The van der Waals surface area contributed by atoms with Crippen molar-refractivity contribution < 1.29 is 18.0 Å². The van der Waals surface area contributed by atoms with Crippen LogP contribution in [0.4, 0.5) is 13.2 Å². The van der Waals surface area contributed by atoms with E-state index in [1.807, 2.05) is 0 Å². The number of hydrogen-bond acceptors (Lipinski definition) is 1. The largest absolute Gasteiger partial charge is 0.299 e. The first-order chi connectivity index (χ1) is 8.89. The fraction of sp³-hybridized carbons (Fsp3) is 0.267. The zero-order valence-corrected chi connectivity index (χ0v) is 10.4. The summed E-state index contributed by atoms with van der Waals surface area (Å²) in [5.74, 6) is -4.03. The van der Waals surface area contributed by atoms with Crippen molar-refractivity contribution in [3.05, 3.63) is 59.4 Å². The Bertz CT molecular complexity index is 541. The number of carbonyl (C=O) groups excluding carboxylic acids is 1. The highest BCUT2D eigenvalue weighted by Crippen LogP contribution is 2.34. The lowest BCUT2D eigenvalue weighted by atomic mass is 9.85. The van der Waals surface area contributed by atoms with Crippen LogP contribution in [0.3, 0.4) is 0 Å². The normalized spacial score (nSPS) is 18.8.